The molecule has 0 saturated carbocycles. The van der Waals surface area contributed by atoms with Crippen LogP contribution < -0.4 is 27.1 Å². The molecule has 0 amide bonds. The molecule has 9 aromatic rings. The zero-order valence-electron chi connectivity index (χ0n) is 51.1. The third-order valence-electron chi connectivity index (χ3n) is 11.3. The molecule has 0 unspecified atom stereocenters. The van der Waals surface area contributed by atoms with Gasteiger partial charge in [0, 0.05) is 54.6 Å². The maximum atomic E-state index is 14.6. The van der Waals surface area contributed by atoms with E-state index in [0.29, 0.717) is 61.0 Å². The van der Waals surface area contributed by atoms with Gasteiger partial charge in [-0.2, -0.15) is 0 Å². The number of benzene rings is 9. The standard InChI is InChI=1S/C48H45O12P3.C6H9O12P3.C6H6O3.CH4.5HI.2V/c49-61(52-34-40-19-7-1-8-20-40,53-35-41-21-9-2-10-22-41)58-46-31-47(59-62(50,54-36-42-23-11-3-12-24-42)55-37-43-25-13-4-14-26-43)33-48(32-46)60-63(51,56-38-44-27-15-5-16-28-44)57-39-45-29-17-6-18-30-45;7-19(8,9)16-4-1-5(17-20(10,11)12)3-6(2-4)18-21(13,14)15;7-4-1-5(8)3-6(9)2-4;;;;;;;;/h1-33H,34-39H2;1-3H,(H2,7,8,9)(H2,10,11,12)(H2,13,14,15);1-3,7-9H;1H4;5*1H;;/q;;;;;;;;;+2;+3/p-5. The summed E-state index contributed by atoms with van der Waals surface area (Å²) in [5.74, 6) is -3.15. The molecule has 9 N–H and O–H groups in total. The predicted octanol–water partition coefficient (Wildman–Crippen LogP) is 19.4. The fourth-order valence-electron chi connectivity index (χ4n) is 7.42. The normalized spacial score (nSPS) is 11.4. The second-order valence-corrected chi connectivity index (χ2v) is 74.6. The molecule has 0 fully saturated rings. The molecular weight excluding hydrogens is 2090 g/mol. The molecule has 101 heavy (non-hydrogen) atoms. The Morgan fingerprint density at radius 1 is 0.287 bits per heavy atom. The van der Waals surface area contributed by atoms with E-state index in [4.69, 9.17) is 85.4 Å². The minimum absolute atomic E-state index is 0. The first-order chi connectivity index (χ1) is 47.3. The Labute approximate surface area is 648 Å². The van der Waals surface area contributed by atoms with Crippen LogP contribution in [0.1, 0.15) is 40.8 Å². The van der Waals surface area contributed by atoms with Gasteiger partial charge in [0.1, 0.15) is 51.7 Å². The molecule has 0 aliphatic rings. The van der Waals surface area contributed by atoms with Gasteiger partial charge in [0.15, 0.2) is 0 Å². The number of phenolic OH excluding ortho intramolecular Hbond substituents is 3. The van der Waals surface area contributed by atoms with Crippen LogP contribution in [0.15, 0.2) is 237 Å². The van der Waals surface area contributed by atoms with Gasteiger partial charge in [-0.3, -0.25) is 56.5 Å². The average Bonchev–Trinajstić information content (AvgIpc) is 0.817. The number of halogens is 5. The first-order valence-electron chi connectivity index (χ1n) is 27.7. The van der Waals surface area contributed by atoms with E-state index in [1.165, 1.54) is 18.2 Å². The first-order valence-corrected chi connectivity index (χ1v) is 59.2. The number of aromatic hydroxyl groups is 3. The molecule has 0 bridgehead atoms. The van der Waals surface area contributed by atoms with Crippen molar-refractivity contribution in [2.75, 3.05) is 0 Å². The zero-order valence-corrected chi connectivity index (χ0v) is 70.0. The third kappa shape index (κ3) is 40.4. The van der Waals surface area contributed by atoms with Crippen LogP contribution >= 0.6 is 147 Å². The van der Waals surface area contributed by atoms with E-state index in [0.717, 1.165) is 18.2 Å². The molecule has 0 saturated heterocycles. The number of hydrogen-bond donors (Lipinski definition) is 9. The average molecular weight is 2150 g/mol. The van der Waals surface area contributed by atoms with Crippen molar-refractivity contribution >= 4 is 147 Å². The van der Waals surface area contributed by atoms with Crippen LogP contribution in [-0.2, 0) is 109 Å². The Hall–Kier alpha value is -3.10. The zero-order chi connectivity index (χ0) is 73.2. The molecule has 27 nitrogen and oxygen atoms in total. The molecule has 9 rings (SSSR count). The van der Waals surface area contributed by atoms with E-state index >= 15 is 0 Å². The van der Waals surface area contributed by atoms with Gasteiger partial charge >= 0.3 is 161 Å². The summed E-state index contributed by atoms with van der Waals surface area (Å²) in [5.41, 5.74) is 4.19. The number of phenols is 3. The van der Waals surface area contributed by atoms with E-state index in [9.17, 15) is 27.4 Å². The SMILES string of the molecule is C.O=P(O)(O)Oc1cc(OP(=O)(O)O)cc(OP(=O)(O)O)c1.O=P(OCc1ccccc1)(OCc1ccccc1)Oc1cc(OP(=O)(OCc2ccccc2)OCc2ccccc2)cc(OP(=O)(OCc2ccccc2)OCc2ccccc2)c1.Oc1cc(O)cc(O)c1.[I][V]([I])[I].[I][V][I]. The predicted molar refractivity (Wildman–Crippen MR) is 411 cm³/mol. The first kappa shape index (κ1) is 90.3. The Kier molecular flexibility index (Phi) is 41.3. The summed E-state index contributed by atoms with van der Waals surface area (Å²) in [5, 5.41) is 26.0. The van der Waals surface area contributed by atoms with Gasteiger partial charge < -0.3 is 42.5 Å². The van der Waals surface area contributed by atoms with Gasteiger partial charge in [-0.25, -0.2) is 27.4 Å². The third-order valence-corrected chi connectivity index (χ3v) is 16.6. The van der Waals surface area contributed by atoms with Gasteiger partial charge in [-0.15, -0.1) is 0 Å². The number of phosphoric ester groups is 6. The summed E-state index contributed by atoms with van der Waals surface area (Å²) in [6.45, 7) is -0.844. The van der Waals surface area contributed by atoms with E-state index in [2.05, 4.69) is 113 Å². The fraction of sp³-hybridized carbons (Fsp3) is 0.115. The Balaban J connectivity index is 0.000000463. The van der Waals surface area contributed by atoms with Crippen molar-refractivity contribution in [2.24, 2.45) is 0 Å². The topological polar surface area (TPSA) is 395 Å². The molecule has 0 heterocycles. The Morgan fingerprint density at radius 3 is 0.564 bits per heavy atom. The molecule has 545 valence electrons. The van der Waals surface area contributed by atoms with E-state index < -0.39 is 64.2 Å². The van der Waals surface area contributed by atoms with Gasteiger partial charge in [-0.1, -0.05) is 189 Å². The molecule has 0 aromatic heterocycles. The number of phosphoric acid groups is 6. The van der Waals surface area contributed by atoms with Crippen molar-refractivity contribution in [3.63, 3.8) is 0 Å². The minimum atomic E-state index is -5.03. The molecule has 0 spiro atoms. The van der Waals surface area contributed by atoms with E-state index in [1.54, 1.807) is 72.8 Å². The van der Waals surface area contributed by atoms with Gasteiger partial charge in [0.05, 0.1) is 39.6 Å². The molecule has 0 atom stereocenters. The van der Waals surface area contributed by atoms with Crippen LogP contribution in [0.2, 0.25) is 0 Å². The second-order valence-electron chi connectivity index (χ2n) is 19.2. The van der Waals surface area contributed by atoms with Crippen molar-refractivity contribution in [1.82, 2.24) is 0 Å². The summed E-state index contributed by atoms with van der Waals surface area (Å²) in [4.78, 5) is 51.4. The maximum absolute atomic E-state index is 14.6. The Bertz CT molecular complexity index is 3610. The summed E-state index contributed by atoms with van der Waals surface area (Å²) in [6.07, 6.45) is 0. The molecular formula is C61H64I5O27P6V2. The van der Waals surface area contributed by atoms with Gasteiger partial charge in [0.2, 0.25) is 0 Å². The van der Waals surface area contributed by atoms with Crippen molar-refractivity contribution in [3.05, 3.63) is 270 Å². The second kappa shape index (κ2) is 46.2. The monoisotopic (exact) mass is 2150 g/mol. The molecule has 9 aromatic carbocycles. The molecule has 0 radical (unpaired) electrons. The quantitative estimate of drug-likeness (QED) is 0.0149. The summed E-state index contributed by atoms with van der Waals surface area (Å²) < 4.78 is 142. The molecule has 0 aliphatic heterocycles. The Morgan fingerprint density at radius 2 is 0.426 bits per heavy atom. The van der Waals surface area contributed by atoms with Gasteiger partial charge in [0.25, 0.3) is 0 Å². The molecule has 40 heteroatoms. The number of rotatable bonds is 30. The van der Waals surface area contributed by atoms with Crippen molar-refractivity contribution < 1.29 is 141 Å². The van der Waals surface area contributed by atoms with Gasteiger partial charge in [-0.05, 0) is 33.4 Å². The van der Waals surface area contributed by atoms with Crippen molar-refractivity contribution in [3.8, 4) is 51.7 Å². The van der Waals surface area contributed by atoms with Crippen LogP contribution in [0.25, 0.3) is 0 Å². The fourth-order valence-corrected chi connectivity index (χ4v) is 12.0. The van der Waals surface area contributed by atoms with E-state index in [1.807, 2.05) is 109 Å². The summed E-state index contributed by atoms with van der Waals surface area (Å²) >= 11 is 12.1. The van der Waals surface area contributed by atoms with Crippen LogP contribution in [0.5, 0.6) is 51.7 Å². The van der Waals surface area contributed by atoms with Crippen molar-refractivity contribution in [1.29, 1.82) is 0 Å². The summed E-state index contributed by atoms with van der Waals surface area (Å²) in [6, 6.07) is 63.7. The van der Waals surface area contributed by atoms with Crippen LogP contribution in [0.4, 0.5) is 0 Å². The van der Waals surface area contributed by atoms with Crippen LogP contribution in [0.3, 0.4) is 0 Å². The van der Waals surface area contributed by atoms with Crippen molar-refractivity contribution in [2.45, 2.75) is 47.1 Å². The van der Waals surface area contributed by atoms with E-state index in [-0.39, 0.29) is 86.5 Å². The van der Waals surface area contributed by atoms with Crippen LogP contribution in [-0.4, -0.2) is 44.7 Å². The number of hydrogen-bond acceptors (Lipinski definition) is 21. The molecule has 0 aliphatic carbocycles. The summed E-state index contributed by atoms with van der Waals surface area (Å²) in [7, 11) is -28.0. The van der Waals surface area contributed by atoms with Crippen LogP contribution in [0, 0.1) is 0 Å².